The predicted octanol–water partition coefficient (Wildman–Crippen LogP) is 2.56. The van der Waals surface area contributed by atoms with Crippen molar-refractivity contribution in [3.63, 3.8) is 0 Å². The lowest BCUT2D eigenvalue weighted by molar-refractivity contribution is -0.0387. The van der Waals surface area contributed by atoms with E-state index in [0.29, 0.717) is 5.56 Å². The van der Waals surface area contributed by atoms with Gasteiger partial charge in [-0.3, -0.25) is 4.79 Å². The number of hydrogen-bond acceptors (Lipinski definition) is 5. The van der Waals surface area contributed by atoms with Gasteiger partial charge in [0.1, 0.15) is 0 Å². The van der Waals surface area contributed by atoms with Gasteiger partial charge in [-0.25, -0.2) is 9.97 Å². The highest BCUT2D eigenvalue weighted by Gasteiger charge is 2.39. The molecule has 3 saturated heterocycles. The Morgan fingerprint density at radius 2 is 1.84 bits per heavy atom. The van der Waals surface area contributed by atoms with Crippen LogP contribution in [0, 0.1) is 6.92 Å². The molecule has 6 nitrogen and oxygen atoms in total. The third-order valence-corrected chi connectivity index (χ3v) is 5.98. The van der Waals surface area contributed by atoms with E-state index in [1.807, 2.05) is 11.8 Å². The van der Waals surface area contributed by atoms with E-state index >= 15 is 0 Å². The molecule has 4 rings (SSSR count). The Bertz CT molecular complexity index is 626. The zero-order valence-corrected chi connectivity index (χ0v) is 15.2. The van der Waals surface area contributed by atoms with Crippen LogP contribution in [-0.4, -0.2) is 59.2 Å². The number of piperidine rings is 2. The number of carbonyl (C=O) groups excluding carboxylic acids is 1. The van der Waals surface area contributed by atoms with Crippen LogP contribution in [0.3, 0.4) is 0 Å². The molecule has 1 amide bonds. The van der Waals surface area contributed by atoms with Gasteiger partial charge >= 0.3 is 0 Å². The standard InChI is InChI=1S/C19H28N4O2/c1-15-16(14-20-18(21-15)23-9-3-2-4-10-23)17(24)22-11-7-19(8-12-22)6-5-13-25-19/h14H,2-13H2,1H3. The van der Waals surface area contributed by atoms with E-state index in [4.69, 9.17) is 4.74 Å². The molecule has 1 aromatic heterocycles. The number of likely N-dealkylation sites (tertiary alicyclic amines) is 1. The number of hydrogen-bond donors (Lipinski definition) is 0. The van der Waals surface area contributed by atoms with E-state index < -0.39 is 0 Å². The summed E-state index contributed by atoms with van der Waals surface area (Å²) in [5, 5.41) is 0. The zero-order chi connectivity index (χ0) is 17.3. The molecular formula is C19H28N4O2. The minimum absolute atomic E-state index is 0.0421. The van der Waals surface area contributed by atoms with Crippen LogP contribution in [0.5, 0.6) is 0 Å². The molecule has 136 valence electrons. The van der Waals surface area contributed by atoms with Crippen molar-refractivity contribution in [3.8, 4) is 0 Å². The first-order valence-corrected chi connectivity index (χ1v) is 9.69. The quantitative estimate of drug-likeness (QED) is 0.825. The summed E-state index contributed by atoms with van der Waals surface area (Å²) in [6.45, 7) is 6.37. The van der Waals surface area contributed by atoms with Crippen LogP contribution in [0.25, 0.3) is 0 Å². The Kier molecular flexibility index (Phi) is 4.63. The molecule has 4 heterocycles. The van der Waals surface area contributed by atoms with Gasteiger partial charge in [0.15, 0.2) is 0 Å². The summed E-state index contributed by atoms with van der Waals surface area (Å²) in [7, 11) is 0. The van der Waals surface area contributed by atoms with E-state index in [9.17, 15) is 4.79 Å². The van der Waals surface area contributed by atoms with Crippen LogP contribution in [0.1, 0.15) is 61.0 Å². The Labute approximate surface area is 149 Å². The van der Waals surface area contributed by atoms with Gasteiger partial charge in [-0.1, -0.05) is 0 Å². The number of rotatable bonds is 2. The molecule has 0 radical (unpaired) electrons. The van der Waals surface area contributed by atoms with Crippen LogP contribution < -0.4 is 4.90 Å². The molecule has 0 bridgehead atoms. The number of nitrogens with zero attached hydrogens (tertiary/aromatic N) is 4. The zero-order valence-electron chi connectivity index (χ0n) is 15.2. The number of anilines is 1. The molecule has 6 heteroatoms. The van der Waals surface area contributed by atoms with E-state index in [2.05, 4.69) is 14.9 Å². The fourth-order valence-electron chi connectivity index (χ4n) is 4.35. The monoisotopic (exact) mass is 344 g/mol. The predicted molar refractivity (Wildman–Crippen MR) is 95.9 cm³/mol. The van der Waals surface area contributed by atoms with Gasteiger partial charge in [-0.15, -0.1) is 0 Å². The molecule has 0 saturated carbocycles. The maximum Gasteiger partial charge on any atom is 0.257 e. The van der Waals surface area contributed by atoms with Gasteiger partial charge in [0.25, 0.3) is 5.91 Å². The van der Waals surface area contributed by atoms with Crippen LogP contribution in [-0.2, 0) is 4.74 Å². The van der Waals surface area contributed by atoms with Crippen LogP contribution >= 0.6 is 0 Å². The minimum atomic E-state index is 0.0421. The number of aryl methyl sites for hydroxylation is 1. The molecule has 3 aliphatic rings. The molecule has 3 fully saturated rings. The normalized spacial score (nSPS) is 23.2. The second-order valence-corrected chi connectivity index (χ2v) is 7.64. The van der Waals surface area contributed by atoms with Crippen molar-refractivity contribution in [2.45, 2.75) is 57.5 Å². The summed E-state index contributed by atoms with van der Waals surface area (Å²) in [6.07, 6.45) is 9.59. The number of aromatic nitrogens is 2. The largest absolute Gasteiger partial charge is 0.375 e. The van der Waals surface area contributed by atoms with Gasteiger partial charge < -0.3 is 14.5 Å². The molecule has 1 aromatic rings. The van der Waals surface area contributed by atoms with Crippen molar-refractivity contribution in [2.75, 3.05) is 37.7 Å². The number of carbonyl (C=O) groups is 1. The van der Waals surface area contributed by atoms with Crippen LogP contribution in [0.2, 0.25) is 0 Å². The molecule has 0 N–H and O–H groups in total. The fourth-order valence-corrected chi connectivity index (χ4v) is 4.35. The lowest BCUT2D eigenvalue weighted by Crippen LogP contribution is -2.46. The first-order chi connectivity index (χ1) is 12.2. The Hall–Kier alpha value is -1.69. The number of amides is 1. The average molecular weight is 344 g/mol. The summed E-state index contributed by atoms with van der Waals surface area (Å²) in [5.74, 6) is 0.834. The van der Waals surface area contributed by atoms with Crippen molar-refractivity contribution in [1.29, 1.82) is 0 Å². The third kappa shape index (κ3) is 3.36. The molecule has 0 aliphatic carbocycles. The molecular weight excluding hydrogens is 316 g/mol. The van der Waals surface area contributed by atoms with Gasteiger partial charge in [0.05, 0.1) is 16.9 Å². The Morgan fingerprint density at radius 3 is 2.48 bits per heavy atom. The fraction of sp³-hybridized carbons (Fsp3) is 0.737. The molecule has 1 spiro atoms. The molecule has 0 unspecified atom stereocenters. The first-order valence-electron chi connectivity index (χ1n) is 9.69. The Balaban J connectivity index is 1.43. The summed E-state index contributed by atoms with van der Waals surface area (Å²) in [5.41, 5.74) is 1.47. The van der Waals surface area contributed by atoms with Gasteiger partial charge in [-0.05, 0) is 51.9 Å². The van der Waals surface area contributed by atoms with Crippen LogP contribution in [0.4, 0.5) is 5.95 Å². The van der Waals surface area contributed by atoms with E-state index in [-0.39, 0.29) is 11.5 Å². The molecule has 0 atom stereocenters. The van der Waals surface area contributed by atoms with Crippen molar-refractivity contribution in [3.05, 3.63) is 17.5 Å². The van der Waals surface area contributed by atoms with Gasteiger partial charge in [0.2, 0.25) is 5.95 Å². The van der Waals surface area contributed by atoms with Crippen molar-refractivity contribution in [1.82, 2.24) is 14.9 Å². The summed E-state index contributed by atoms with van der Waals surface area (Å²) in [6, 6.07) is 0. The minimum Gasteiger partial charge on any atom is -0.375 e. The van der Waals surface area contributed by atoms with Crippen molar-refractivity contribution < 1.29 is 9.53 Å². The topological polar surface area (TPSA) is 58.6 Å². The highest BCUT2D eigenvalue weighted by molar-refractivity contribution is 5.95. The first kappa shape index (κ1) is 16.8. The van der Waals surface area contributed by atoms with E-state index in [1.54, 1.807) is 6.20 Å². The highest BCUT2D eigenvalue weighted by Crippen LogP contribution is 2.36. The van der Waals surface area contributed by atoms with E-state index in [1.165, 1.54) is 19.3 Å². The molecule has 3 aliphatic heterocycles. The van der Waals surface area contributed by atoms with Gasteiger partial charge in [0, 0.05) is 39.0 Å². The van der Waals surface area contributed by atoms with Crippen LogP contribution in [0.15, 0.2) is 6.20 Å². The lowest BCUT2D eigenvalue weighted by Gasteiger charge is -2.38. The van der Waals surface area contributed by atoms with E-state index in [0.717, 1.165) is 70.1 Å². The maximum absolute atomic E-state index is 12.9. The average Bonchev–Trinajstić information content (AvgIpc) is 3.10. The second kappa shape index (κ2) is 6.90. The molecule has 0 aromatic carbocycles. The third-order valence-electron chi connectivity index (χ3n) is 5.98. The Morgan fingerprint density at radius 1 is 1.08 bits per heavy atom. The lowest BCUT2D eigenvalue weighted by atomic mass is 9.88. The smallest absolute Gasteiger partial charge is 0.257 e. The second-order valence-electron chi connectivity index (χ2n) is 7.64. The SMILES string of the molecule is Cc1nc(N2CCCCC2)ncc1C(=O)N1CCC2(CCCO2)CC1. The number of ether oxygens (including phenoxy) is 1. The highest BCUT2D eigenvalue weighted by atomic mass is 16.5. The molecule has 25 heavy (non-hydrogen) atoms. The van der Waals surface area contributed by atoms with Gasteiger partial charge in [-0.2, -0.15) is 0 Å². The van der Waals surface area contributed by atoms with Crippen molar-refractivity contribution in [2.24, 2.45) is 0 Å². The van der Waals surface area contributed by atoms with Crippen molar-refractivity contribution >= 4 is 11.9 Å². The maximum atomic E-state index is 12.9. The summed E-state index contributed by atoms with van der Waals surface area (Å²) >= 11 is 0. The summed E-state index contributed by atoms with van der Waals surface area (Å²) in [4.78, 5) is 26.2. The summed E-state index contributed by atoms with van der Waals surface area (Å²) < 4.78 is 5.95.